The topological polar surface area (TPSA) is 154 Å². The van der Waals surface area contributed by atoms with Gasteiger partial charge in [0, 0.05) is 44.0 Å². The number of carbonyl (C=O) groups excluding carboxylic acids is 3. The first-order valence-corrected chi connectivity index (χ1v) is 19.8. The fourth-order valence-electron chi connectivity index (χ4n) is 6.04. The zero-order valence-corrected chi connectivity index (χ0v) is 32.5. The molecule has 2 heterocycles. The number of halogens is 4. The van der Waals surface area contributed by atoms with Crippen molar-refractivity contribution >= 4 is 82.5 Å². The Morgan fingerprint density at radius 2 is 1.07 bits per heavy atom. The molecule has 0 radical (unpaired) electrons. The van der Waals surface area contributed by atoms with E-state index in [4.69, 9.17) is 0 Å². The largest absolute Gasteiger partial charge is 0.330 e. The van der Waals surface area contributed by atoms with E-state index in [0.29, 0.717) is 34.5 Å². The molecule has 19 heteroatoms. The molecule has 12 nitrogen and oxygen atoms in total. The molecule has 2 atom stereocenters. The highest BCUT2D eigenvalue weighted by Crippen LogP contribution is 2.28. The van der Waals surface area contributed by atoms with E-state index >= 15 is 0 Å². The monoisotopic (exact) mass is 827 g/mol. The van der Waals surface area contributed by atoms with E-state index in [1.54, 1.807) is 41.1 Å². The minimum absolute atomic E-state index is 0.0249. The van der Waals surface area contributed by atoms with Crippen LogP contribution < -0.4 is 24.6 Å². The minimum atomic E-state index is -4.97. The summed E-state index contributed by atoms with van der Waals surface area (Å²) in [7, 11) is -2.21. The van der Waals surface area contributed by atoms with Crippen LogP contribution in [0.15, 0.2) is 72.8 Å². The highest BCUT2D eigenvalue weighted by atomic mass is 32.2. The van der Waals surface area contributed by atoms with Gasteiger partial charge in [0.25, 0.3) is 0 Å². The maximum Gasteiger partial charge on any atom is 0.330 e. The van der Waals surface area contributed by atoms with Crippen LogP contribution in [0.1, 0.15) is 21.1 Å². The number of amides is 4. The second kappa shape index (κ2) is 16.3. The summed E-state index contributed by atoms with van der Waals surface area (Å²) in [4.78, 5) is 52.3. The second-order valence-corrected chi connectivity index (χ2v) is 16.7. The molecule has 4 amide bonds. The Hall–Kier alpha value is -5.50. The van der Waals surface area contributed by atoms with Crippen LogP contribution in [-0.2, 0) is 32.6 Å². The van der Waals surface area contributed by atoms with Crippen LogP contribution >= 0.6 is 22.7 Å². The van der Waals surface area contributed by atoms with Crippen molar-refractivity contribution in [3.8, 4) is 0 Å². The van der Waals surface area contributed by atoms with E-state index in [-0.39, 0.29) is 11.1 Å². The van der Waals surface area contributed by atoms with Crippen molar-refractivity contribution in [3.63, 3.8) is 0 Å². The predicted octanol–water partition coefficient (Wildman–Crippen LogP) is 6.06. The first kappa shape index (κ1) is 40.2. The third-order valence-electron chi connectivity index (χ3n) is 8.54. The molecule has 0 saturated carbocycles. The average molecular weight is 828 g/mol. The highest BCUT2D eigenvalue weighted by Gasteiger charge is 2.32. The Kier molecular flexibility index (Phi) is 11.7. The maximum absolute atomic E-state index is 14.2. The molecule has 56 heavy (non-hydrogen) atoms. The molecule has 0 aliphatic rings. The lowest BCUT2D eigenvalue weighted by Crippen LogP contribution is -2.57. The van der Waals surface area contributed by atoms with Crippen LogP contribution in [0.2, 0.25) is 0 Å². The molecule has 0 aliphatic heterocycles. The van der Waals surface area contributed by atoms with Crippen molar-refractivity contribution in [2.45, 2.75) is 38.8 Å². The number of aryl methyl sites for hydroxylation is 2. The molecule has 4 aromatic carbocycles. The standard InChI is InChI=1S/C37H33F4N7O5S3/c1-19-42-29-17-27(5-7-33(29)54-19)47(3)35(49)31(13-21-9-23(38)15-24(39)10-21)44-37(51)46-56(52,53)45-32(14-22-11-25(40)16-26(41)12-22)36(50)48(4)28-6-8-34-30(18-28)43-20(2)55-34/h5-12,15-18,31-32,45H,13-14H2,1-4H3,(H2,44,46,51)/t31-,32-/m0/s1. The molecule has 0 unspecified atom stereocenters. The molecule has 292 valence electrons. The van der Waals surface area contributed by atoms with Gasteiger partial charge in [0.1, 0.15) is 35.4 Å². The number of nitrogens with zero attached hydrogens (tertiary/aromatic N) is 4. The number of fused-ring (bicyclic) bond motifs is 2. The normalized spacial score (nSPS) is 12.7. The number of anilines is 2. The van der Waals surface area contributed by atoms with Crippen LogP contribution in [0.25, 0.3) is 20.4 Å². The molecule has 2 aromatic heterocycles. The van der Waals surface area contributed by atoms with Gasteiger partial charge < -0.3 is 15.1 Å². The van der Waals surface area contributed by atoms with Gasteiger partial charge in [-0.1, -0.05) is 0 Å². The van der Waals surface area contributed by atoms with Crippen molar-refractivity contribution < 1.29 is 40.4 Å². The Morgan fingerprint density at radius 1 is 0.661 bits per heavy atom. The second-order valence-electron chi connectivity index (χ2n) is 12.8. The summed E-state index contributed by atoms with van der Waals surface area (Å²) in [5.41, 5.74) is 1.78. The maximum atomic E-state index is 14.2. The minimum Gasteiger partial charge on any atom is -0.325 e. The Labute approximate surface area is 326 Å². The molecule has 6 rings (SSSR count). The number of thiazole rings is 2. The van der Waals surface area contributed by atoms with Crippen LogP contribution in [0.3, 0.4) is 0 Å². The number of hydrogen-bond donors (Lipinski definition) is 3. The smallest absolute Gasteiger partial charge is 0.325 e. The van der Waals surface area contributed by atoms with Crippen molar-refractivity contribution in [1.82, 2.24) is 24.7 Å². The van der Waals surface area contributed by atoms with Gasteiger partial charge in [-0.15, -0.1) is 22.7 Å². The highest BCUT2D eigenvalue weighted by molar-refractivity contribution is 7.88. The molecular formula is C37H33F4N7O5S3. The quantitative estimate of drug-likeness (QED) is 0.127. The molecular weight excluding hydrogens is 795 g/mol. The van der Waals surface area contributed by atoms with E-state index in [2.05, 4.69) is 20.0 Å². The third kappa shape index (κ3) is 9.65. The van der Waals surface area contributed by atoms with Crippen molar-refractivity contribution in [1.29, 1.82) is 0 Å². The van der Waals surface area contributed by atoms with Gasteiger partial charge in [-0.3, -0.25) is 9.59 Å². The zero-order valence-electron chi connectivity index (χ0n) is 30.1. The van der Waals surface area contributed by atoms with E-state index in [1.165, 1.54) is 41.7 Å². The molecule has 6 aromatic rings. The number of nitrogens with one attached hydrogen (secondary N) is 3. The Balaban J connectivity index is 1.24. The molecule has 0 spiro atoms. The number of likely N-dealkylation sites (N-methyl/N-ethyl adjacent to an activating group) is 2. The number of urea groups is 1. The van der Waals surface area contributed by atoms with Gasteiger partial charge in [-0.05, 0) is 92.1 Å². The Bertz CT molecular complexity index is 2560. The molecule has 0 saturated heterocycles. The van der Waals surface area contributed by atoms with E-state index in [0.717, 1.165) is 48.6 Å². The lowest BCUT2D eigenvalue weighted by Gasteiger charge is -2.26. The number of carbonyl (C=O) groups is 3. The van der Waals surface area contributed by atoms with E-state index in [1.807, 2.05) is 13.8 Å². The van der Waals surface area contributed by atoms with Crippen molar-refractivity contribution in [2.24, 2.45) is 0 Å². The first-order chi connectivity index (χ1) is 26.4. The number of hydrogen-bond acceptors (Lipinski definition) is 9. The summed E-state index contributed by atoms with van der Waals surface area (Å²) in [5.74, 6) is -5.46. The predicted molar refractivity (Wildman–Crippen MR) is 207 cm³/mol. The fraction of sp³-hybridized carbons (Fsp3) is 0.216. The summed E-state index contributed by atoms with van der Waals surface area (Å²) in [6.45, 7) is 3.63. The number of rotatable bonds is 12. The Morgan fingerprint density at radius 3 is 1.52 bits per heavy atom. The third-order valence-corrected chi connectivity index (χ3v) is 11.5. The van der Waals surface area contributed by atoms with E-state index < -0.39 is 76.2 Å². The molecule has 3 N–H and O–H groups in total. The number of aromatic nitrogens is 2. The van der Waals surface area contributed by atoms with Crippen LogP contribution in [0.5, 0.6) is 0 Å². The summed E-state index contributed by atoms with van der Waals surface area (Å²) in [6.07, 6.45) is -1.00. The summed E-state index contributed by atoms with van der Waals surface area (Å²) < 4.78 is 89.1. The van der Waals surface area contributed by atoms with Gasteiger partial charge >= 0.3 is 16.2 Å². The van der Waals surface area contributed by atoms with Gasteiger partial charge in [0.05, 0.1) is 30.4 Å². The summed E-state index contributed by atoms with van der Waals surface area (Å²) >= 11 is 2.87. The van der Waals surface area contributed by atoms with Crippen LogP contribution in [0.4, 0.5) is 33.7 Å². The summed E-state index contributed by atoms with van der Waals surface area (Å²) in [5, 5.41) is 3.83. The van der Waals surface area contributed by atoms with Gasteiger partial charge in [-0.2, -0.15) is 13.1 Å². The van der Waals surface area contributed by atoms with Crippen LogP contribution in [0, 0.1) is 37.1 Å². The average Bonchev–Trinajstić information content (AvgIpc) is 3.67. The van der Waals surface area contributed by atoms with E-state index in [9.17, 15) is 40.4 Å². The zero-order chi connectivity index (χ0) is 40.5. The fourth-order valence-corrected chi connectivity index (χ4v) is 8.57. The van der Waals surface area contributed by atoms with Gasteiger partial charge in [0.2, 0.25) is 11.8 Å². The lowest BCUT2D eigenvalue weighted by atomic mass is 10.0. The number of benzene rings is 4. The molecule has 0 fully saturated rings. The van der Waals surface area contributed by atoms with Crippen molar-refractivity contribution in [2.75, 3.05) is 23.9 Å². The first-order valence-electron chi connectivity index (χ1n) is 16.7. The molecule has 0 aliphatic carbocycles. The lowest BCUT2D eigenvalue weighted by molar-refractivity contribution is -0.120. The van der Waals surface area contributed by atoms with Crippen LogP contribution in [-0.4, -0.2) is 62.4 Å². The summed E-state index contributed by atoms with van der Waals surface area (Å²) in [6, 6.07) is 10.3. The van der Waals surface area contributed by atoms with Crippen molar-refractivity contribution in [3.05, 3.63) is 117 Å². The van der Waals surface area contributed by atoms with Gasteiger partial charge in [0.15, 0.2) is 0 Å². The SMILES string of the molecule is Cc1nc2cc(N(C)C(=O)[C@H](Cc3cc(F)cc(F)c3)NC(=O)NS(=O)(=O)N[C@@H](Cc3cc(F)cc(F)c3)C(=O)N(C)c3ccc4sc(C)nc4c3)ccc2s1. The molecule has 0 bridgehead atoms. The van der Waals surface area contributed by atoms with Gasteiger partial charge in [-0.25, -0.2) is 37.0 Å².